The molecule has 0 spiro atoms. The average Bonchev–Trinajstić information content (AvgIpc) is 3.26. The standard InChI is InChI=1S/C18H14N2O2S/c21-23(22)17(11-13-5-3-9-19-13)15-7-1-2-8-16(15)18(23)12-14-6-4-10-20-14/h1-12,19-20H/b17-11+,18-12+. The van der Waals surface area contributed by atoms with Crippen LogP contribution in [0.2, 0.25) is 0 Å². The van der Waals surface area contributed by atoms with E-state index in [1.165, 1.54) is 0 Å². The summed E-state index contributed by atoms with van der Waals surface area (Å²) in [4.78, 5) is 6.71. The van der Waals surface area contributed by atoms with Crippen LogP contribution < -0.4 is 0 Å². The molecule has 4 rings (SSSR count). The van der Waals surface area contributed by atoms with Gasteiger partial charge in [-0.25, -0.2) is 8.42 Å². The van der Waals surface area contributed by atoms with E-state index in [1.54, 1.807) is 24.5 Å². The van der Waals surface area contributed by atoms with Crippen LogP contribution in [0.25, 0.3) is 22.0 Å². The molecule has 0 fully saturated rings. The molecule has 0 radical (unpaired) electrons. The van der Waals surface area contributed by atoms with Crippen molar-refractivity contribution < 1.29 is 8.42 Å². The average molecular weight is 322 g/mol. The van der Waals surface area contributed by atoms with Gasteiger partial charge in [-0.05, 0) is 36.4 Å². The van der Waals surface area contributed by atoms with Gasteiger partial charge in [0, 0.05) is 34.9 Å². The summed E-state index contributed by atoms with van der Waals surface area (Å²) in [5.41, 5.74) is 3.00. The largest absolute Gasteiger partial charge is 0.362 e. The fourth-order valence-electron chi connectivity index (χ4n) is 2.78. The van der Waals surface area contributed by atoms with Crippen LogP contribution in [0.5, 0.6) is 0 Å². The summed E-state index contributed by atoms with van der Waals surface area (Å²) in [6.07, 6.45) is 6.92. The highest BCUT2D eigenvalue weighted by molar-refractivity contribution is 8.10. The number of hydrogen-bond donors (Lipinski definition) is 2. The molecule has 2 aromatic heterocycles. The Balaban J connectivity index is 1.97. The maximum absolute atomic E-state index is 13.0. The fraction of sp³-hybridized carbons (Fsp3) is 0. The zero-order valence-electron chi connectivity index (χ0n) is 12.2. The Labute approximate surface area is 134 Å². The second-order valence-corrected chi connectivity index (χ2v) is 7.20. The third-order valence-corrected chi connectivity index (χ3v) is 5.69. The molecule has 114 valence electrons. The first-order valence-electron chi connectivity index (χ1n) is 7.21. The van der Waals surface area contributed by atoms with Crippen LogP contribution >= 0.6 is 0 Å². The topological polar surface area (TPSA) is 65.7 Å². The molecule has 23 heavy (non-hydrogen) atoms. The molecule has 0 aliphatic carbocycles. The molecule has 1 aliphatic heterocycles. The highest BCUT2D eigenvalue weighted by Crippen LogP contribution is 2.45. The number of aromatic amines is 2. The molecule has 2 N–H and O–H groups in total. The van der Waals surface area contributed by atoms with Crippen LogP contribution in [0.1, 0.15) is 22.5 Å². The molecule has 3 aromatic rings. The summed E-state index contributed by atoms with van der Waals surface area (Å²) < 4.78 is 26.1. The van der Waals surface area contributed by atoms with Crippen molar-refractivity contribution in [3.8, 4) is 0 Å². The minimum Gasteiger partial charge on any atom is -0.362 e. The minimum atomic E-state index is -3.56. The molecule has 0 bridgehead atoms. The first-order valence-corrected chi connectivity index (χ1v) is 8.69. The van der Waals surface area contributed by atoms with E-state index < -0.39 is 9.84 Å². The summed E-state index contributed by atoms with van der Waals surface area (Å²) in [5, 5.41) is 0. The predicted octanol–water partition coefficient (Wildman–Crippen LogP) is 3.77. The molecular weight excluding hydrogens is 308 g/mol. The van der Waals surface area contributed by atoms with Crippen molar-refractivity contribution in [2.75, 3.05) is 0 Å². The molecule has 0 atom stereocenters. The summed E-state index contributed by atoms with van der Waals surface area (Å²) in [6, 6.07) is 14.8. The van der Waals surface area contributed by atoms with Crippen molar-refractivity contribution >= 4 is 31.8 Å². The van der Waals surface area contributed by atoms with Crippen molar-refractivity contribution in [1.29, 1.82) is 0 Å². The number of nitrogens with one attached hydrogen (secondary N) is 2. The molecule has 4 nitrogen and oxygen atoms in total. The summed E-state index contributed by atoms with van der Waals surface area (Å²) in [6.45, 7) is 0. The molecule has 5 heteroatoms. The van der Waals surface area contributed by atoms with Crippen molar-refractivity contribution in [2.45, 2.75) is 0 Å². The molecule has 1 aromatic carbocycles. The lowest BCUT2D eigenvalue weighted by atomic mass is 10.1. The fourth-order valence-corrected chi connectivity index (χ4v) is 4.52. The lowest BCUT2D eigenvalue weighted by Gasteiger charge is -1.99. The Morgan fingerprint density at radius 2 is 1.17 bits per heavy atom. The SMILES string of the molecule is O=S1(=O)/C(=C/c2ccc[nH]2)c2ccccc2/C1=C\c1ccc[nH]1. The summed E-state index contributed by atoms with van der Waals surface area (Å²) in [7, 11) is -3.56. The summed E-state index contributed by atoms with van der Waals surface area (Å²) >= 11 is 0. The zero-order chi connectivity index (χ0) is 15.9. The third kappa shape index (κ3) is 2.26. The highest BCUT2D eigenvalue weighted by atomic mass is 32.2. The molecule has 1 aliphatic rings. The molecule has 0 unspecified atom stereocenters. The van der Waals surface area contributed by atoms with E-state index in [1.807, 2.05) is 48.5 Å². The summed E-state index contributed by atoms with van der Waals surface area (Å²) in [5.74, 6) is 0. The molecular formula is C18H14N2O2S. The zero-order valence-corrected chi connectivity index (χ0v) is 13.0. The Morgan fingerprint density at radius 1 is 0.696 bits per heavy atom. The normalized spacial score (nSPS) is 19.3. The van der Waals surface area contributed by atoms with Gasteiger partial charge in [0.25, 0.3) is 0 Å². The lowest BCUT2D eigenvalue weighted by Crippen LogP contribution is -1.96. The van der Waals surface area contributed by atoms with Gasteiger partial charge in [0.1, 0.15) is 0 Å². The van der Waals surface area contributed by atoms with Crippen molar-refractivity contribution in [3.05, 3.63) is 83.4 Å². The number of rotatable bonds is 2. The van der Waals surface area contributed by atoms with Gasteiger partial charge in [-0.15, -0.1) is 0 Å². The van der Waals surface area contributed by atoms with Gasteiger partial charge in [0.2, 0.25) is 9.84 Å². The highest BCUT2D eigenvalue weighted by Gasteiger charge is 2.36. The first-order chi connectivity index (χ1) is 11.2. The Hall–Kier alpha value is -2.79. The lowest BCUT2D eigenvalue weighted by molar-refractivity contribution is 0.616. The number of H-pyrrole nitrogens is 2. The third-order valence-electron chi connectivity index (χ3n) is 3.85. The predicted molar refractivity (Wildman–Crippen MR) is 92.7 cm³/mol. The van der Waals surface area contributed by atoms with E-state index in [4.69, 9.17) is 0 Å². The second kappa shape index (κ2) is 5.14. The smallest absolute Gasteiger partial charge is 0.207 e. The maximum atomic E-state index is 13.0. The number of benzene rings is 1. The van der Waals surface area contributed by atoms with Gasteiger partial charge >= 0.3 is 0 Å². The second-order valence-electron chi connectivity index (χ2n) is 5.32. The van der Waals surface area contributed by atoms with Crippen molar-refractivity contribution in [2.24, 2.45) is 0 Å². The first kappa shape index (κ1) is 13.8. The van der Waals surface area contributed by atoms with Crippen LogP contribution in [0.4, 0.5) is 0 Å². The van der Waals surface area contributed by atoms with Crippen LogP contribution in [0, 0.1) is 0 Å². The van der Waals surface area contributed by atoms with Gasteiger partial charge in [-0.1, -0.05) is 24.3 Å². The van der Waals surface area contributed by atoms with Gasteiger partial charge in [-0.2, -0.15) is 0 Å². The Morgan fingerprint density at radius 3 is 1.57 bits per heavy atom. The van der Waals surface area contributed by atoms with E-state index in [2.05, 4.69) is 9.97 Å². The van der Waals surface area contributed by atoms with Crippen molar-refractivity contribution in [1.82, 2.24) is 9.97 Å². The maximum Gasteiger partial charge on any atom is 0.207 e. The van der Waals surface area contributed by atoms with E-state index in [9.17, 15) is 8.42 Å². The van der Waals surface area contributed by atoms with Gasteiger partial charge in [0.15, 0.2) is 0 Å². The number of sulfone groups is 1. The van der Waals surface area contributed by atoms with Crippen LogP contribution in [-0.2, 0) is 9.84 Å². The van der Waals surface area contributed by atoms with E-state index in [0.29, 0.717) is 9.81 Å². The minimum absolute atomic E-state index is 0.327. The molecule has 0 amide bonds. The molecule has 0 saturated carbocycles. The van der Waals surface area contributed by atoms with Crippen LogP contribution in [0.15, 0.2) is 60.9 Å². The van der Waals surface area contributed by atoms with E-state index in [0.717, 1.165) is 22.5 Å². The molecule has 3 heterocycles. The quantitative estimate of drug-likeness (QED) is 0.754. The van der Waals surface area contributed by atoms with Crippen LogP contribution in [-0.4, -0.2) is 18.4 Å². The number of hydrogen-bond acceptors (Lipinski definition) is 2. The van der Waals surface area contributed by atoms with E-state index >= 15 is 0 Å². The van der Waals surface area contributed by atoms with Gasteiger partial charge in [0.05, 0.1) is 9.81 Å². The Bertz CT molecular complexity index is 932. The number of aromatic nitrogens is 2. The van der Waals surface area contributed by atoms with E-state index in [-0.39, 0.29) is 0 Å². The Kier molecular flexibility index (Phi) is 3.09. The number of fused-ring (bicyclic) bond motifs is 1. The van der Waals surface area contributed by atoms with Gasteiger partial charge in [-0.3, -0.25) is 0 Å². The van der Waals surface area contributed by atoms with Gasteiger partial charge < -0.3 is 9.97 Å². The molecule has 0 saturated heterocycles. The van der Waals surface area contributed by atoms with Crippen LogP contribution in [0.3, 0.4) is 0 Å². The van der Waals surface area contributed by atoms with Crippen molar-refractivity contribution in [3.63, 3.8) is 0 Å². The monoisotopic (exact) mass is 322 g/mol.